The number of ether oxygens (including phenoxy) is 3. The molecule has 0 aliphatic heterocycles. The van der Waals surface area contributed by atoms with Crippen molar-refractivity contribution in [3.05, 3.63) is 47.7 Å². The number of pyridine rings is 1. The lowest BCUT2D eigenvalue weighted by Gasteiger charge is -2.17. The maximum Gasteiger partial charge on any atom is 0.337 e. The first kappa shape index (κ1) is 21.2. The van der Waals surface area contributed by atoms with Crippen LogP contribution in [0.2, 0.25) is 0 Å². The monoisotopic (exact) mass is 388 g/mol. The number of amides is 1. The van der Waals surface area contributed by atoms with E-state index in [0.29, 0.717) is 23.7 Å². The quantitative estimate of drug-likeness (QED) is 0.679. The molecule has 28 heavy (non-hydrogen) atoms. The van der Waals surface area contributed by atoms with Gasteiger partial charge in [0.05, 0.1) is 18.3 Å². The van der Waals surface area contributed by atoms with E-state index in [0.717, 1.165) is 0 Å². The van der Waals surface area contributed by atoms with Crippen molar-refractivity contribution in [2.45, 2.75) is 33.0 Å². The third kappa shape index (κ3) is 6.24. The van der Waals surface area contributed by atoms with Crippen molar-refractivity contribution >= 4 is 17.7 Å². The minimum Gasteiger partial charge on any atom is -0.491 e. The van der Waals surface area contributed by atoms with Gasteiger partial charge in [-0.05, 0) is 45.0 Å². The molecule has 0 aliphatic rings. The molecule has 0 bridgehead atoms. The van der Waals surface area contributed by atoms with Crippen LogP contribution in [0.4, 0.5) is 5.82 Å². The fraction of sp³-hybridized carbons (Fsp3) is 0.350. The number of benzene rings is 1. The normalized spacial score (nSPS) is 11.8. The van der Waals surface area contributed by atoms with E-state index in [1.54, 1.807) is 25.3 Å². The number of carbonyl (C=O) groups excluding carboxylic acids is 1. The van der Waals surface area contributed by atoms with Crippen LogP contribution in [0.15, 0.2) is 36.5 Å². The third-order valence-corrected chi connectivity index (χ3v) is 3.50. The first-order chi connectivity index (χ1) is 13.3. The van der Waals surface area contributed by atoms with Gasteiger partial charge in [0, 0.05) is 24.9 Å². The van der Waals surface area contributed by atoms with Gasteiger partial charge >= 0.3 is 5.97 Å². The molecule has 2 aromatic rings. The molecule has 0 aliphatic carbocycles. The number of rotatable bonds is 9. The Morgan fingerprint density at radius 3 is 2.29 bits per heavy atom. The smallest absolute Gasteiger partial charge is 0.337 e. The van der Waals surface area contributed by atoms with Crippen molar-refractivity contribution < 1.29 is 28.9 Å². The van der Waals surface area contributed by atoms with Gasteiger partial charge < -0.3 is 24.6 Å². The molecule has 1 heterocycles. The van der Waals surface area contributed by atoms with Gasteiger partial charge in [-0.1, -0.05) is 0 Å². The minimum atomic E-state index is -1.09. The second-order valence-electron chi connectivity index (χ2n) is 6.43. The van der Waals surface area contributed by atoms with Gasteiger partial charge in [-0.25, -0.2) is 9.78 Å². The number of aromatic carboxylic acids is 1. The summed E-state index contributed by atoms with van der Waals surface area (Å²) < 4.78 is 16.6. The van der Waals surface area contributed by atoms with E-state index in [1.165, 1.54) is 18.3 Å². The first-order valence-electron chi connectivity index (χ1n) is 8.76. The Bertz CT molecular complexity index is 820. The SMILES string of the molecule is COC[C@@H](C)Oc1cc(OC(C)C)cc(C(=O)Nc2ccc(C(=O)O)cn2)c1. The lowest BCUT2D eigenvalue weighted by atomic mass is 10.1. The summed E-state index contributed by atoms with van der Waals surface area (Å²) in [5.74, 6) is -0.302. The molecule has 0 unspecified atom stereocenters. The molecule has 0 fully saturated rings. The Morgan fingerprint density at radius 1 is 1.07 bits per heavy atom. The lowest BCUT2D eigenvalue weighted by molar-refractivity contribution is 0.0696. The molecule has 0 spiro atoms. The van der Waals surface area contributed by atoms with E-state index >= 15 is 0 Å². The van der Waals surface area contributed by atoms with Crippen molar-refractivity contribution in [1.82, 2.24) is 4.98 Å². The predicted octanol–water partition coefficient (Wildman–Crippen LogP) is 3.23. The Morgan fingerprint density at radius 2 is 1.75 bits per heavy atom. The molecule has 8 nitrogen and oxygen atoms in total. The van der Waals surface area contributed by atoms with E-state index in [-0.39, 0.29) is 23.6 Å². The number of aromatic nitrogens is 1. The van der Waals surface area contributed by atoms with E-state index in [4.69, 9.17) is 19.3 Å². The first-order valence-corrected chi connectivity index (χ1v) is 8.76. The number of methoxy groups -OCH3 is 1. The number of nitrogens with zero attached hydrogens (tertiary/aromatic N) is 1. The zero-order valence-electron chi connectivity index (χ0n) is 16.3. The van der Waals surface area contributed by atoms with E-state index in [1.807, 2.05) is 20.8 Å². The van der Waals surface area contributed by atoms with Crippen molar-refractivity contribution in [1.29, 1.82) is 0 Å². The van der Waals surface area contributed by atoms with Gasteiger partial charge in [-0.15, -0.1) is 0 Å². The molecule has 0 radical (unpaired) electrons. The summed E-state index contributed by atoms with van der Waals surface area (Å²) in [5.41, 5.74) is 0.357. The van der Waals surface area contributed by atoms with Crippen LogP contribution in [-0.4, -0.2) is 47.9 Å². The molecule has 1 aromatic heterocycles. The number of anilines is 1. The van der Waals surface area contributed by atoms with Gasteiger partial charge in [-0.3, -0.25) is 4.79 Å². The summed E-state index contributed by atoms with van der Waals surface area (Å²) in [6, 6.07) is 7.70. The topological polar surface area (TPSA) is 107 Å². The molecule has 8 heteroatoms. The summed E-state index contributed by atoms with van der Waals surface area (Å²) in [7, 11) is 1.58. The van der Waals surface area contributed by atoms with Crippen LogP contribution in [0.25, 0.3) is 0 Å². The molecule has 2 N–H and O–H groups in total. The fourth-order valence-electron chi connectivity index (χ4n) is 2.39. The Kier molecular flexibility index (Phi) is 7.34. The van der Waals surface area contributed by atoms with Gasteiger partial charge in [-0.2, -0.15) is 0 Å². The minimum absolute atomic E-state index is 0.0353. The third-order valence-electron chi connectivity index (χ3n) is 3.50. The standard InChI is InChI=1S/C20H24N2O6/c1-12(2)27-16-7-15(8-17(9-16)28-13(3)11-26-4)19(23)22-18-6-5-14(10-21-18)20(24)25/h5-10,12-13H,11H2,1-4H3,(H,24,25)(H,21,22,23)/t13-/m1/s1. The zero-order valence-corrected chi connectivity index (χ0v) is 16.3. The number of carboxylic acids is 1. The highest BCUT2D eigenvalue weighted by atomic mass is 16.5. The van der Waals surface area contributed by atoms with E-state index in [2.05, 4.69) is 10.3 Å². The molecular weight excluding hydrogens is 364 g/mol. The van der Waals surface area contributed by atoms with Crippen LogP contribution in [0.1, 0.15) is 41.5 Å². The maximum absolute atomic E-state index is 12.6. The highest BCUT2D eigenvalue weighted by Gasteiger charge is 2.14. The summed E-state index contributed by atoms with van der Waals surface area (Å²) in [5, 5.41) is 11.5. The number of nitrogens with one attached hydrogen (secondary N) is 1. The summed E-state index contributed by atoms with van der Waals surface area (Å²) in [6.07, 6.45) is 0.894. The van der Waals surface area contributed by atoms with Gasteiger partial charge in [0.15, 0.2) is 0 Å². The van der Waals surface area contributed by atoms with Crippen molar-refractivity contribution in [2.24, 2.45) is 0 Å². The van der Waals surface area contributed by atoms with Crippen molar-refractivity contribution in [3.8, 4) is 11.5 Å². The van der Waals surface area contributed by atoms with Crippen molar-refractivity contribution in [2.75, 3.05) is 19.0 Å². The molecule has 0 saturated heterocycles. The summed E-state index contributed by atoms with van der Waals surface area (Å²) in [4.78, 5) is 27.5. The maximum atomic E-state index is 12.6. The Labute approximate surface area is 163 Å². The van der Waals surface area contributed by atoms with Crippen molar-refractivity contribution in [3.63, 3.8) is 0 Å². The van der Waals surface area contributed by atoms with E-state index < -0.39 is 11.9 Å². The number of hydrogen-bond acceptors (Lipinski definition) is 6. The molecule has 1 amide bonds. The number of carboxylic acid groups (broad SMARTS) is 1. The van der Waals surface area contributed by atoms with Gasteiger partial charge in [0.2, 0.25) is 0 Å². The summed E-state index contributed by atoms with van der Waals surface area (Å²) >= 11 is 0. The number of carbonyl (C=O) groups is 2. The average Bonchev–Trinajstić information content (AvgIpc) is 2.61. The van der Waals surface area contributed by atoms with Gasteiger partial charge in [0.1, 0.15) is 23.4 Å². The molecule has 0 saturated carbocycles. The average molecular weight is 388 g/mol. The molecule has 150 valence electrons. The lowest BCUT2D eigenvalue weighted by Crippen LogP contribution is -2.19. The van der Waals surface area contributed by atoms with Crippen LogP contribution < -0.4 is 14.8 Å². The van der Waals surface area contributed by atoms with Crippen LogP contribution in [0, 0.1) is 0 Å². The fourth-order valence-corrected chi connectivity index (χ4v) is 2.39. The predicted molar refractivity (Wildman–Crippen MR) is 103 cm³/mol. The molecular formula is C20H24N2O6. The highest BCUT2D eigenvalue weighted by molar-refractivity contribution is 6.04. The van der Waals surface area contributed by atoms with Crippen LogP contribution >= 0.6 is 0 Å². The largest absolute Gasteiger partial charge is 0.491 e. The Balaban J connectivity index is 2.23. The molecule has 1 atom stereocenters. The number of hydrogen-bond donors (Lipinski definition) is 2. The van der Waals surface area contributed by atoms with Crippen LogP contribution in [0.5, 0.6) is 11.5 Å². The Hall–Kier alpha value is -3.13. The molecule has 2 rings (SSSR count). The van der Waals surface area contributed by atoms with Gasteiger partial charge in [0.25, 0.3) is 5.91 Å². The highest BCUT2D eigenvalue weighted by Crippen LogP contribution is 2.25. The second kappa shape index (κ2) is 9.70. The molecule has 1 aromatic carbocycles. The van der Waals surface area contributed by atoms with E-state index in [9.17, 15) is 9.59 Å². The second-order valence-corrected chi connectivity index (χ2v) is 6.43. The van der Waals surface area contributed by atoms with Crippen LogP contribution in [-0.2, 0) is 4.74 Å². The zero-order chi connectivity index (χ0) is 20.7. The van der Waals surface area contributed by atoms with Crippen LogP contribution in [0.3, 0.4) is 0 Å². The summed E-state index contributed by atoms with van der Waals surface area (Å²) in [6.45, 7) is 6.02.